The first-order valence-corrected chi connectivity index (χ1v) is 5.57. The molecule has 0 saturated carbocycles. The fourth-order valence-electron chi connectivity index (χ4n) is 1.50. The van der Waals surface area contributed by atoms with Gasteiger partial charge in [-0.25, -0.2) is 4.98 Å². The number of hydrogen-bond donors (Lipinski definition) is 2. The van der Waals surface area contributed by atoms with Gasteiger partial charge in [-0.15, -0.1) is 0 Å². The van der Waals surface area contributed by atoms with E-state index in [9.17, 15) is 4.79 Å². The smallest absolute Gasteiger partial charge is 0.322 e. The van der Waals surface area contributed by atoms with Crippen LogP contribution < -0.4 is 5.32 Å². The highest BCUT2D eigenvalue weighted by Crippen LogP contribution is 1.97. The molecule has 1 aromatic heterocycles. The van der Waals surface area contributed by atoms with Crippen molar-refractivity contribution in [3.8, 4) is 0 Å². The number of carbonyl (C=O) groups is 1. The molecule has 5 nitrogen and oxygen atoms in total. The standard InChI is InChI=1S/C11H19N3O2/c1-3-9(11(15)16-2)12-6-4-5-10-13-7-8-14-10/h7-9,12H,3-6H2,1-2H3,(H,13,14). The summed E-state index contributed by atoms with van der Waals surface area (Å²) in [4.78, 5) is 18.4. The Morgan fingerprint density at radius 1 is 1.69 bits per heavy atom. The zero-order chi connectivity index (χ0) is 11.8. The SMILES string of the molecule is CCC(NCCCc1ncc[nH]1)C(=O)OC. The first-order valence-electron chi connectivity index (χ1n) is 5.57. The number of methoxy groups -OCH3 is 1. The lowest BCUT2D eigenvalue weighted by Crippen LogP contribution is -2.37. The Bertz CT molecular complexity index is 298. The van der Waals surface area contributed by atoms with E-state index >= 15 is 0 Å². The topological polar surface area (TPSA) is 67.0 Å². The third-order valence-electron chi connectivity index (χ3n) is 2.43. The molecule has 0 spiro atoms. The maximum absolute atomic E-state index is 11.3. The van der Waals surface area contributed by atoms with Gasteiger partial charge >= 0.3 is 5.97 Å². The van der Waals surface area contributed by atoms with Crippen molar-refractivity contribution in [1.29, 1.82) is 0 Å². The number of imidazole rings is 1. The number of nitrogens with one attached hydrogen (secondary N) is 2. The first-order chi connectivity index (χ1) is 7.77. The van der Waals surface area contributed by atoms with Crippen molar-refractivity contribution in [3.05, 3.63) is 18.2 Å². The summed E-state index contributed by atoms with van der Waals surface area (Å²) in [6, 6.07) is -0.193. The number of ether oxygens (including phenoxy) is 1. The van der Waals surface area contributed by atoms with Crippen LogP contribution in [-0.2, 0) is 16.0 Å². The third-order valence-corrected chi connectivity index (χ3v) is 2.43. The van der Waals surface area contributed by atoms with Crippen LogP contribution in [0.25, 0.3) is 0 Å². The lowest BCUT2D eigenvalue weighted by atomic mass is 10.2. The minimum atomic E-state index is -0.194. The van der Waals surface area contributed by atoms with Crippen molar-refractivity contribution >= 4 is 5.97 Å². The van der Waals surface area contributed by atoms with Crippen molar-refractivity contribution in [3.63, 3.8) is 0 Å². The van der Waals surface area contributed by atoms with Gasteiger partial charge in [-0.3, -0.25) is 4.79 Å². The number of rotatable bonds is 7. The average Bonchev–Trinajstić information content (AvgIpc) is 2.81. The van der Waals surface area contributed by atoms with Gasteiger partial charge in [-0.05, 0) is 19.4 Å². The van der Waals surface area contributed by atoms with Gasteiger partial charge in [0.05, 0.1) is 7.11 Å². The number of aromatic amines is 1. The monoisotopic (exact) mass is 225 g/mol. The molecule has 0 fully saturated rings. The molecule has 0 radical (unpaired) electrons. The van der Waals surface area contributed by atoms with Gasteiger partial charge in [0.25, 0.3) is 0 Å². The van der Waals surface area contributed by atoms with E-state index in [1.165, 1.54) is 7.11 Å². The molecule has 0 aliphatic heterocycles. The van der Waals surface area contributed by atoms with Gasteiger partial charge in [0.1, 0.15) is 11.9 Å². The normalized spacial score (nSPS) is 12.4. The minimum Gasteiger partial charge on any atom is -0.468 e. The van der Waals surface area contributed by atoms with Gasteiger partial charge in [0.15, 0.2) is 0 Å². The van der Waals surface area contributed by atoms with E-state index in [-0.39, 0.29) is 12.0 Å². The molecule has 0 aliphatic carbocycles. The summed E-state index contributed by atoms with van der Waals surface area (Å²) in [7, 11) is 1.41. The molecule has 0 bridgehead atoms. The number of H-pyrrole nitrogens is 1. The van der Waals surface area contributed by atoms with Crippen LogP contribution in [0, 0.1) is 0 Å². The highest BCUT2D eigenvalue weighted by Gasteiger charge is 2.15. The van der Waals surface area contributed by atoms with E-state index < -0.39 is 0 Å². The number of esters is 1. The minimum absolute atomic E-state index is 0.193. The number of carbonyl (C=O) groups excluding carboxylic acids is 1. The van der Waals surface area contributed by atoms with Gasteiger partial charge < -0.3 is 15.0 Å². The van der Waals surface area contributed by atoms with Crippen LogP contribution in [0.15, 0.2) is 12.4 Å². The summed E-state index contributed by atoms with van der Waals surface area (Å²) < 4.78 is 4.69. The van der Waals surface area contributed by atoms with Gasteiger partial charge in [-0.1, -0.05) is 6.92 Å². The van der Waals surface area contributed by atoms with E-state index in [1.54, 1.807) is 6.20 Å². The molecule has 1 rings (SSSR count). The number of hydrogen-bond acceptors (Lipinski definition) is 4. The molecular formula is C11H19N3O2. The van der Waals surface area contributed by atoms with E-state index in [0.29, 0.717) is 0 Å². The molecule has 1 heterocycles. The second kappa shape index (κ2) is 7.00. The van der Waals surface area contributed by atoms with Gasteiger partial charge in [-0.2, -0.15) is 0 Å². The van der Waals surface area contributed by atoms with E-state index in [0.717, 1.165) is 31.6 Å². The highest BCUT2D eigenvalue weighted by atomic mass is 16.5. The van der Waals surface area contributed by atoms with Gasteiger partial charge in [0, 0.05) is 18.8 Å². The van der Waals surface area contributed by atoms with Gasteiger partial charge in [0.2, 0.25) is 0 Å². The number of aryl methyl sites for hydroxylation is 1. The molecule has 16 heavy (non-hydrogen) atoms. The summed E-state index contributed by atoms with van der Waals surface area (Å²) in [5.41, 5.74) is 0. The first kappa shape index (κ1) is 12.7. The van der Waals surface area contributed by atoms with E-state index in [2.05, 4.69) is 20.0 Å². The Morgan fingerprint density at radius 2 is 2.50 bits per heavy atom. The summed E-state index contributed by atoms with van der Waals surface area (Å²) in [5.74, 6) is 0.786. The Hall–Kier alpha value is -1.36. The van der Waals surface area contributed by atoms with E-state index in [1.807, 2.05) is 13.1 Å². The highest BCUT2D eigenvalue weighted by molar-refractivity contribution is 5.75. The maximum Gasteiger partial charge on any atom is 0.322 e. The molecule has 5 heteroatoms. The van der Waals surface area contributed by atoms with Crippen molar-refractivity contribution in [1.82, 2.24) is 15.3 Å². The van der Waals surface area contributed by atoms with Crippen LogP contribution in [-0.4, -0.2) is 35.6 Å². The summed E-state index contributed by atoms with van der Waals surface area (Å²) in [5, 5.41) is 3.17. The molecule has 1 aromatic rings. The zero-order valence-corrected chi connectivity index (χ0v) is 9.82. The molecule has 2 N–H and O–H groups in total. The van der Waals surface area contributed by atoms with Crippen LogP contribution in [0.4, 0.5) is 0 Å². The van der Waals surface area contributed by atoms with Crippen LogP contribution in [0.2, 0.25) is 0 Å². The molecule has 0 amide bonds. The van der Waals surface area contributed by atoms with Crippen molar-refractivity contribution in [2.24, 2.45) is 0 Å². The Morgan fingerprint density at radius 3 is 3.06 bits per heavy atom. The van der Waals surface area contributed by atoms with Crippen LogP contribution in [0.5, 0.6) is 0 Å². The second-order valence-electron chi connectivity index (χ2n) is 3.58. The Balaban J connectivity index is 2.16. The summed E-state index contributed by atoms with van der Waals surface area (Å²) >= 11 is 0. The van der Waals surface area contributed by atoms with Crippen LogP contribution in [0.1, 0.15) is 25.6 Å². The van der Waals surface area contributed by atoms with Crippen molar-refractivity contribution < 1.29 is 9.53 Å². The molecule has 0 aromatic carbocycles. The number of nitrogens with zero attached hydrogens (tertiary/aromatic N) is 1. The van der Waals surface area contributed by atoms with Crippen molar-refractivity contribution in [2.45, 2.75) is 32.2 Å². The molecule has 1 unspecified atom stereocenters. The lowest BCUT2D eigenvalue weighted by molar-refractivity contribution is -0.143. The molecule has 0 aliphatic rings. The van der Waals surface area contributed by atoms with E-state index in [4.69, 9.17) is 0 Å². The zero-order valence-electron chi connectivity index (χ0n) is 9.82. The largest absolute Gasteiger partial charge is 0.468 e. The lowest BCUT2D eigenvalue weighted by Gasteiger charge is -2.13. The second-order valence-corrected chi connectivity index (χ2v) is 3.58. The molecule has 90 valence electrons. The number of aromatic nitrogens is 2. The average molecular weight is 225 g/mol. The predicted molar refractivity (Wildman–Crippen MR) is 61.0 cm³/mol. The summed E-state index contributed by atoms with van der Waals surface area (Å²) in [6.07, 6.45) is 6.13. The quantitative estimate of drug-likeness (QED) is 0.534. The third kappa shape index (κ3) is 4.02. The fraction of sp³-hybridized carbons (Fsp3) is 0.636. The van der Waals surface area contributed by atoms with Crippen LogP contribution >= 0.6 is 0 Å². The molecule has 0 saturated heterocycles. The van der Waals surface area contributed by atoms with Crippen molar-refractivity contribution in [2.75, 3.05) is 13.7 Å². The molecule has 1 atom stereocenters. The summed E-state index contributed by atoms with van der Waals surface area (Å²) in [6.45, 7) is 2.75. The maximum atomic E-state index is 11.3. The predicted octanol–water partition coefficient (Wildman–Crippen LogP) is 0.883. The molecular weight excluding hydrogens is 206 g/mol. The van der Waals surface area contributed by atoms with Crippen LogP contribution in [0.3, 0.4) is 0 Å². The Labute approximate surface area is 95.6 Å². The fourth-order valence-corrected chi connectivity index (χ4v) is 1.50. The Kier molecular flexibility index (Phi) is 5.56.